The van der Waals surface area contributed by atoms with Gasteiger partial charge < -0.3 is 5.11 Å². The summed E-state index contributed by atoms with van der Waals surface area (Å²) in [6.07, 6.45) is 0. The van der Waals surface area contributed by atoms with Gasteiger partial charge in [-0.1, -0.05) is 0 Å². The number of hydrogen-bond acceptors (Lipinski definition) is 4. The van der Waals surface area contributed by atoms with E-state index in [0.29, 0.717) is 0 Å². The van der Waals surface area contributed by atoms with Gasteiger partial charge in [0.2, 0.25) is 10.9 Å². The lowest BCUT2D eigenvalue weighted by Crippen LogP contribution is -2.30. The molecule has 1 aromatic rings. The average molecular weight is 140 g/mol. The average Bonchev–Trinajstić information content (AvgIpc) is 2.17. The molecule has 0 radical (unpaired) electrons. The molecular weight excluding hydrogens is 136 g/mol. The highest BCUT2D eigenvalue weighted by atomic mass is 16.3. The van der Waals surface area contributed by atoms with Crippen LogP contribution in [0.15, 0.2) is 20.4 Å². The summed E-state index contributed by atoms with van der Waals surface area (Å²) in [5.41, 5.74) is -2.89. The molecule has 0 aliphatic carbocycles. The SMILES string of the molecule is O=c1cc(CO)c(=O)c1=O. The standard InChI is InChI=1S/C6H4O4/c7-2-3-1-4(8)6(10)5(3)9/h1,7H,2H2. The smallest absolute Gasteiger partial charge is 0.273 e. The van der Waals surface area contributed by atoms with Crippen LogP contribution in [0.2, 0.25) is 0 Å². The van der Waals surface area contributed by atoms with Crippen LogP contribution in [-0.2, 0) is 6.61 Å². The van der Waals surface area contributed by atoms with Gasteiger partial charge in [-0.3, -0.25) is 14.4 Å². The van der Waals surface area contributed by atoms with E-state index < -0.39 is 22.9 Å². The summed E-state index contributed by atoms with van der Waals surface area (Å²) in [5.74, 6) is 0. The molecule has 0 amide bonds. The molecule has 4 nitrogen and oxygen atoms in total. The van der Waals surface area contributed by atoms with Crippen molar-refractivity contribution in [2.45, 2.75) is 6.61 Å². The summed E-state index contributed by atoms with van der Waals surface area (Å²) < 4.78 is 0. The Morgan fingerprint density at radius 2 is 1.80 bits per heavy atom. The molecule has 0 aliphatic heterocycles. The highest BCUT2D eigenvalue weighted by Gasteiger charge is 2.07. The summed E-state index contributed by atoms with van der Waals surface area (Å²) in [7, 11) is 0. The Morgan fingerprint density at radius 3 is 2.00 bits per heavy atom. The van der Waals surface area contributed by atoms with E-state index in [1.165, 1.54) is 0 Å². The third kappa shape index (κ3) is 0.784. The third-order valence-electron chi connectivity index (χ3n) is 1.20. The molecule has 0 bridgehead atoms. The van der Waals surface area contributed by atoms with Crippen LogP contribution in [0.25, 0.3) is 0 Å². The zero-order valence-corrected chi connectivity index (χ0v) is 4.96. The summed E-state index contributed by atoms with van der Waals surface area (Å²) in [5, 5.41) is 8.38. The molecule has 0 heterocycles. The Labute approximate surface area is 55.1 Å². The van der Waals surface area contributed by atoms with Gasteiger partial charge in [-0.05, 0) is 6.07 Å². The predicted octanol–water partition coefficient (Wildman–Crippen LogP) is -1.86. The van der Waals surface area contributed by atoms with Crippen molar-refractivity contribution in [2.24, 2.45) is 0 Å². The first kappa shape index (κ1) is 6.82. The van der Waals surface area contributed by atoms with E-state index in [4.69, 9.17) is 5.11 Å². The highest BCUT2D eigenvalue weighted by Crippen LogP contribution is 1.79. The van der Waals surface area contributed by atoms with Crippen molar-refractivity contribution in [3.8, 4) is 0 Å². The molecule has 0 aliphatic rings. The van der Waals surface area contributed by atoms with Crippen LogP contribution >= 0.6 is 0 Å². The summed E-state index contributed by atoms with van der Waals surface area (Å²) in [4.78, 5) is 31.4. The Kier molecular flexibility index (Phi) is 1.47. The van der Waals surface area contributed by atoms with Gasteiger partial charge in [-0.25, -0.2) is 0 Å². The van der Waals surface area contributed by atoms with Crippen molar-refractivity contribution < 1.29 is 5.11 Å². The lowest BCUT2D eigenvalue weighted by Gasteiger charge is -1.77. The number of aliphatic hydroxyl groups excluding tert-OH is 1. The van der Waals surface area contributed by atoms with Crippen molar-refractivity contribution in [2.75, 3.05) is 0 Å². The summed E-state index contributed by atoms with van der Waals surface area (Å²) >= 11 is 0. The van der Waals surface area contributed by atoms with E-state index in [0.717, 1.165) is 6.07 Å². The fourth-order valence-corrected chi connectivity index (χ4v) is 0.665. The molecule has 52 valence electrons. The molecule has 0 saturated carbocycles. The van der Waals surface area contributed by atoms with Crippen molar-refractivity contribution in [1.29, 1.82) is 0 Å². The fraction of sp³-hybridized carbons (Fsp3) is 0.167. The molecular formula is C6H4O4. The minimum absolute atomic E-state index is 0.116. The Balaban J connectivity index is 3.63. The van der Waals surface area contributed by atoms with Crippen molar-refractivity contribution >= 4 is 0 Å². The summed E-state index contributed by atoms with van der Waals surface area (Å²) in [6, 6.07) is 0.866. The fourth-order valence-electron chi connectivity index (χ4n) is 0.665. The third-order valence-corrected chi connectivity index (χ3v) is 1.20. The Hall–Kier alpha value is -1.29. The van der Waals surface area contributed by atoms with Gasteiger partial charge in [0.15, 0.2) is 0 Å². The Morgan fingerprint density at radius 1 is 1.20 bits per heavy atom. The first-order valence-electron chi connectivity index (χ1n) is 2.61. The topological polar surface area (TPSA) is 71.4 Å². The molecule has 4 heteroatoms. The van der Waals surface area contributed by atoms with Crippen LogP contribution in [0, 0.1) is 0 Å². The monoisotopic (exact) mass is 140 g/mol. The molecule has 0 atom stereocenters. The molecule has 0 aromatic heterocycles. The quantitative estimate of drug-likeness (QED) is 0.464. The van der Waals surface area contributed by atoms with Crippen molar-refractivity contribution in [3.05, 3.63) is 42.3 Å². The van der Waals surface area contributed by atoms with Crippen LogP contribution < -0.4 is 16.3 Å². The van der Waals surface area contributed by atoms with E-state index in [9.17, 15) is 14.4 Å². The molecule has 10 heavy (non-hydrogen) atoms. The number of rotatable bonds is 1. The highest BCUT2D eigenvalue weighted by molar-refractivity contribution is 5.16. The van der Waals surface area contributed by atoms with Gasteiger partial charge in [0.05, 0.1) is 6.61 Å². The lowest BCUT2D eigenvalue weighted by molar-refractivity contribution is 0.281. The maximum atomic E-state index is 10.5. The normalized spacial score (nSPS) is 10.1. The molecule has 0 spiro atoms. The molecule has 1 rings (SSSR count). The predicted molar refractivity (Wildman–Crippen MR) is 33.5 cm³/mol. The first-order valence-corrected chi connectivity index (χ1v) is 2.61. The van der Waals surface area contributed by atoms with E-state index in [1.807, 2.05) is 0 Å². The Bertz CT molecular complexity index is 369. The molecule has 0 saturated heterocycles. The van der Waals surface area contributed by atoms with Crippen molar-refractivity contribution in [3.63, 3.8) is 0 Å². The first-order chi connectivity index (χ1) is 4.66. The van der Waals surface area contributed by atoms with Crippen LogP contribution in [0.4, 0.5) is 0 Å². The lowest BCUT2D eigenvalue weighted by atomic mass is 10.3. The zero-order chi connectivity index (χ0) is 7.72. The van der Waals surface area contributed by atoms with Crippen LogP contribution in [0.3, 0.4) is 0 Å². The van der Waals surface area contributed by atoms with E-state index in [1.54, 1.807) is 0 Å². The van der Waals surface area contributed by atoms with Crippen molar-refractivity contribution in [1.82, 2.24) is 0 Å². The maximum Gasteiger partial charge on any atom is 0.273 e. The van der Waals surface area contributed by atoms with Crippen LogP contribution in [0.1, 0.15) is 5.56 Å². The second-order valence-corrected chi connectivity index (χ2v) is 1.85. The van der Waals surface area contributed by atoms with Gasteiger partial charge >= 0.3 is 0 Å². The zero-order valence-electron chi connectivity index (χ0n) is 4.96. The molecule has 1 N–H and O–H groups in total. The van der Waals surface area contributed by atoms with Crippen LogP contribution in [0.5, 0.6) is 0 Å². The second-order valence-electron chi connectivity index (χ2n) is 1.85. The van der Waals surface area contributed by atoms with Crippen LogP contribution in [-0.4, -0.2) is 5.11 Å². The van der Waals surface area contributed by atoms with Gasteiger partial charge in [0, 0.05) is 5.56 Å². The van der Waals surface area contributed by atoms with Gasteiger partial charge in [0.1, 0.15) is 0 Å². The largest absolute Gasteiger partial charge is 0.392 e. The van der Waals surface area contributed by atoms with E-state index >= 15 is 0 Å². The number of hydrogen-bond donors (Lipinski definition) is 1. The maximum absolute atomic E-state index is 10.5. The molecule has 1 aromatic carbocycles. The molecule has 0 fully saturated rings. The van der Waals surface area contributed by atoms with Gasteiger partial charge in [-0.15, -0.1) is 0 Å². The van der Waals surface area contributed by atoms with Gasteiger partial charge in [0.25, 0.3) is 5.43 Å². The number of aliphatic hydroxyl groups is 1. The van der Waals surface area contributed by atoms with E-state index in [-0.39, 0.29) is 5.56 Å². The second kappa shape index (κ2) is 2.15. The minimum atomic E-state index is -1.05. The molecule has 0 unspecified atom stereocenters. The minimum Gasteiger partial charge on any atom is -0.392 e. The van der Waals surface area contributed by atoms with Gasteiger partial charge in [-0.2, -0.15) is 0 Å². The summed E-state index contributed by atoms with van der Waals surface area (Å²) in [6.45, 7) is -0.545. The van der Waals surface area contributed by atoms with E-state index in [2.05, 4.69) is 0 Å².